The van der Waals surface area contributed by atoms with Crippen LogP contribution in [0.15, 0.2) is 48.7 Å². The number of aromatic nitrogens is 2. The number of methoxy groups -OCH3 is 1. The molecule has 0 atom stereocenters. The zero-order valence-corrected chi connectivity index (χ0v) is 13.5. The Morgan fingerprint density at radius 2 is 1.83 bits per heavy atom. The molecular formula is C17H13ClN2O4. The van der Waals surface area contributed by atoms with Crippen molar-refractivity contribution in [3.05, 3.63) is 53.7 Å². The number of benzene rings is 2. The number of carbonyl (C=O) groups excluding carboxylic acids is 1. The van der Waals surface area contributed by atoms with Gasteiger partial charge in [-0.1, -0.05) is 11.6 Å². The number of hydrogen-bond acceptors (Lipinski definition) is 6. The molecule has 1 heterocycles. The van der Waals surface area contributed by atoms with Gasteiger partial charge in [0.05, 0.1) is 24.3 Å². The summed E-state index contributed by atoms with van der Waals surface area (Å²) in [5.41, 5.74) is 1.39. The van der Waals surface area contributed by atoms with Crippen LogP contribution in [0.1, 0.15) is 0 Å². The first kappa shape index (κ1) is 16.0. The monoisotopic (exact) mass is 344 g/mol. The van der Waals surface area contributed by atoms with Gasteiger partial charge in [0.2, 0.25) is 5.88 Å². The molecule has 122 valence electrons. The van der Waals surface area contributed by atoms with Crippen molar-refractivity contribution >= 4 is 28.6 Å². The number of esters is 1. The Hall–Kier alpha value is -2.86. The van der Waals surface area contributed by atoms with E-state index in [4.69, 9.17) is 21.1 Å². The van der Waals surface area contributed by atoms with Crippen molar-refractivity contribution < 1.29 is 19.0 Å². The Labute approximate surface area is 143 Å². The van der Waals surface area contributed by atoms with E-state index in [1.165, 1.54) is 13.3 Å². The van der Waals surface area contributed by atoms with Crippen molar-refractivity contribution in [3.8, 4) is 17.4 Å². The Morgan fingerprint density at radius 1 is 1.08 bits per heavy atom. The predicted octanol–water partition coefficient (Wildman–Crippen LogP) is 3.63. The maximum absolute atomic E-state index is 11.0. The van der Waals surface area contributed by atoms with Crippen LogP contribution < -0.4 is 9.47 Å². The molecule has 3 rings (SSSR count). The lowest BCUT2D eigenvalue weighted by atomic mass is 10.3. The van der Waals surface area contributed by atoms with Gasteiger partial charge in [-0.15, -0.1) is 0 Å². The first-order chi connectivity index (χ1) is 11.6. The highest BCUT2D eigenvalue weighted by Gasteiger charge is 2.05. The molecule has 2 aromatic carbocycles. The molecule has 24 heavy (non-hydrogen) atoms. The molecule has 0 bridgehead atoms. The highest BCUT2D eigenvalue weighted by Crippen LogP contribution is 2.24. The van der Waals surface area contributed by atoms with Gasteiger partial charge in [0.15, 0.2) is 6.61 Å². The number of nitrogens with zero attached hydrogens (tertiary/aromatic N) is 2. The lowest BCUT2D eigenvalue weighted by Crippen LogP contribution is -2.12. The third kappa shape index (κ3) is 3.91. The number of ether oxygens (including phenoxy) is 3. The average molecular weight is 345 g/mol. The third-order valence-corrected chi connectivity index (χ3v) is 3.35. The smallest absolute Gasteiger partial charge is 0.343 e. The number of rotatable bonds is 5. The molecule has 0 radical (unpaired) electrons. The summed E-state index contributed by atoms with van der Waals surface area (Å²) in [4.78, 5) is 19.7. The molecule has 0 aliphatic rings. The van der Waals surface area contributed by atoms with Crippen LogP contribution in [0.25, 0.3) is 11.0 Å². The van der Waals surface area contributed by atoms with Gasteiger partial charge in [-0.25, -0.2) is 14.8 Å². The van der Waals surface area contributed by atoms with Crippen LogP contribution in [-0.4, -0.2) is 29.7 Å². The van der Waals surface area contributed by atoms with Gasteiger partial charge in [-0.05, 0) is 42.5 Å². The molecule has 0 saturated heterocycles. The number of hydrogen-bond donors (Lipinski definition) is 0. The summed E-state index contributed by atoms with van der Waals surface area (Å²) in [5.74, 6) is 1.03. The third-order valence-electron chi connectivity index (χ3n) is 3.11. The van der Waals surface area contributed by atoms with Crippen LogP contribution in [0.3, 0.4) is 0 Å². The van der Waals surface area contributed by atoms with Crippen molar-refractivity contribution in [1.82, 2.24) is 9.97 Å². The van der Waals surface area contributed by atoms with Gasteiger partial charge in [0.1, 0.15) is 11.5 Å². The normalized spacial score (nSPS) is 10.4. The lowest BCUT2D eigenvalue weighted by Gasteiger charge is -2.07. The summed E-state index contributed by atoms with van der Waals surface area (Å²) in [5, 5.41) is 0.605. The summed E-state index contributed by atoms with van der Waals surface area (Å²) >= 11 is 5.92. The summed E-state index contributed by atoms with van der Waals surface area (Å²) in [6.07, 6.45) is 1.53. The van der Waals surface area contributed by atoms with Gasteiger partial charge < -0.3 is 14.2 Å². The molecule has 0 spiro atoms. The first-order valence-electron chi connectivity index (χ1n) is 7.04. The van der Waals surface area contributed by atoms with E-state index >= 15 is 0 Å². The van der Waals surface area contributed by atoms with Crippen molar-refractivity contribution in [2.45, 2.75) is 0 Å². The van der Waals surface area contributed by atoms with Gasteiger partial charge in [0, 0.05) is 5.02 Å². The van der Waals surface area contributed by atoms with Crippen molar-refractivity contribution in [1.29, 1.82) is 0 Å². The van der Waals surface area contributed by atoms with Crippen LogP contribution in [0, 0.1) is 0 Å². The lowest BCUT2D eigenvalue weighted by molar-refractivity contribution is -0.142. The second-order valence-corrected chi connectivity index (χ2v) is 5.22. The summed E-state index contributed by atoms with van der Waals surface area (Å²) in [6.45, 7) is -0.143. The molecule has 0 amide bonds. The minimum atomic E-state index is -0.443. The van der Waals surface area contributed by atoms with E-state index in [1.807, 2.05) is 0 Å². The van der Waals surface area contributed by atoms with E-state index < -0.39 is 5.97 Å². The molecule has 0 aliphatic carbocycles. The highest BCUT2D eigenvalue weighted by atomic mass is 35.5. The fourth-order valence-electron chi connectivity index (χ4n) is 1.94. The molecule has 0 N–H and O–H groups in total. The molecule has 6 nitrogen and oxygen atoms in total. The molecular weight excluding hydrogens is 332 g/mol. The topological polar surface area (TPSA) is 70.5 Å². The zero-order chi connectivity index (χ0) is 16.9. The Bertz CT molecular complexity index is 868. The van der Waals surface area contributed by atoms with E-state index in [0.29, 0.717) is 33.4 Å². The maximum Gasteiger partial charge on any atom is 0.343 e. The quantitative estimate of drug-likeness (QED) is 0.658. The number of halogens is 1. The Morgan fingerprint density at radius 3 is 2.58 bits per heavy atom. The van der Waals surface area contributed by atoms with E-state index in [9.17, 15) is 4.79 Å². The summed E-state index contributed by atoms with van der Waals surface area (Å²) in [7, 11) is 1.31. The summed E-state index contributed by atoms with van der Waals surface area (Å²) in [6, 6.07) is 12.1. The predicted molar refractivity (Wildman–Crippen MR) is 88.6 cm³/mol. The second-order valence-electron chi connectivity index (χ2n) is 4.78. The van der Waals surface area contributed by atoms with Crippen LogP contribution in [0.4, 0.5) is 0 Å². The molecule has 0 saturated carbocycles. The van der Waals surface area contributed by atoms with E-state index in [2.05, 4.69) is 14.7 Å². The van der Waals surface area contributed by atoms with Crippen LogP contribution in [0.2, 0.25) is 5.02 Å². The average Bonchev–Trinajstić information content (AvgIpc) is 2.61. The largest absolute Gasteiger partial charge is 0.482 e. The standard InChI is InChI=1S/C17H13ClN2O4/c1-22-17(21)10-23-12-3-5-13(6-4-12)24-16-9-19-15-8-11(18)2-7-14(15)20-16/h2-9H,10H2,1H3. The SMILES string of the molecule is COC(=O)COc1ccc(Oc2cnc3cc(Cl)ccc3n2)cc1. The minimum Gasteiger partial charge on any atom is -0.482 e. The first-order valence-corrected chi connectivity index (χ1v) is 7.42. The van der Waals surface area contributed by atoms with Crippen molar-refractivity contribution in [2.75, 3.05) is 13.7 Å². The molecule has 3 aromatic rings. The van der Waals surface area contributed by atoms with Gasteiger partial charge in [0.25, 0.3) is 0 Å². The number of carbonyl (C=O) groups is 1. The molecule has 0 fully saturated rings. The maximum atomic E-state index is 11.0. The van der Waals surface area contributed by atoms with Gasteiger partial charge >= 0.3 is 5.97 Å². The number of fused-ring (bicyclic) bond motifs is 1. The van der Waals surface area contributed by atoms with E-state index in [0.717, 1.165) is 0 Å². The molecule has 0 unspecified atom stereocenters. The highest BCUT2D eigenvalue weighted by molar-refractivity contribution is 6.31. The van der Waals surface area contributed by atoms with Crippen molar-refractivity contribution in [3.63, 3.8) is 0 Å². The molecule has 1 aromatic heterocycles. The Balaban J connectivity index is 1.69. The van der Waals surface area contributed by atoms with E-state index in [1.54, 1.807) is 42.5 Å². The fourth-order valence-corrected chi connectivity index (χ4v) is 2.11. The van der Waals surface area contributed by atoms with E-state index in [-0.39, 0.29) is 6.61 Å². The van der Waals surface area contributed by atoms with Gasteiger partial charge in [-0.3, -0.25) is 0 Å². The van der Waals surface area contributed by atoms with Crippen LogP contribution in [-0.2, 0) is 9.53 Å². The second kappa shape index (κ2) is 7.14. The van der Waals surface area contributed by atoms with Crippen LogP contribution in [0.5, 0.6) is 17.4 Å². The minimum absolute atomic E-state index is 0.143. The van der Waals surface area contributed by atoms with Crippen LogP contribution >= 0.6 is 11.6 Å². The van der Waals surface area contributed by atoms with Crippen molar-refractivity contribution in [2.24, 2.45) is 0 Å². The fraction of sp³-hybridized carbons (Fsp3) is 0.118. The Kier molecular flexibility index (Phi) is 4.77. The van der Waals surface area contributed by atoms with Gasteiger partial charge in [-0.2, -0.15) is 0 Å². The summed E-state index contributed by atoms with van der Waals surface area (Å²) < 4.78 is 15.4. The zero-order valence-electron chi connectivity index (χ0n) is 12.7. The molecule has 7 heteroatoms. The molecule has 0 aliphatic heterocycles.